The van der Waals surface area contributed by atoms with Crippen molar-refractivity contribution >= 4 is 34.5 Å². The SMILES string of the molecule is Cn1c(C(=O)NCC(C)(C)C)nc2c(N3CCC4(CC3)C(=O)Nc3ccccc34)ncnc21. The van der Waals surface area contributed by atoms with Crippen molar-refractivity contribution in [2.24, 2.45) is 12.5 Å². The minimum Gasteiger partial charge on any atom is -0.355 e. The number of carbonyl (C=O) groups is 2. The fraction of sp³-hybridized carbons (Fsp3) is 0.458. The van der Waals surface area contributed by atoms with Crippen LogP contribution >= 0.6 is 0 Å². The molecular weight excluding hydrogens is 418 g/mol. The number of benzene rings is 1. The van der Waals surface area contributed by atoms with Gasteiger partial charge in [-0.2, -0.15) is 0 Å². The number of imidazole rings is 1. The van der Waals surface area contributed by atoms with Gasteiger partial charge in [0.1, 0.15) is 6.33 Å². The number of aromatic nitrogens is 4. The first-order valence-electron chi connectivity index (χ1n) is 11.3. The van der Waals surface area contributed by atoms with Crippen LogP contribution in [0.2, 0.25) is 0 Å². The van der Waals surface area contributed by atoms with Gasteiger partial charge < -0.3 is 20.1 Å². The number of hydrogen-bond acceptors (Lipinski definition) is 6. The summed E-state index contributed by atoms with van der Waals surface area (Å²) in [5, 5.41) is 6.00. The zero-order valence-corrected chi connectivity index (χ0v) is 19.5. The lowest BCUT2D eigenvalue weighted by Gasteiger charge is -2.38. The van der Waals surface area contributed by atoms with Crippen LogP contribution in [0.25, 0.3) is 11.2 Å². The van der Waals surface area contributed by atoms with E-state index in [1.165, 1.54) is 6.33 Å². The van der Waals surface area contributed by atoms with E-state index in [-0.39, 0.29) is 17.2 Å². The van der Waals surface area contributed by atoms with Gasteiger partial charge in [-0.15, -0.1) is 0 Å². The van der Waals surface area contributed by atoms with Crippen LogP contribution in [0.1, 0.15) is 49.8 Å². The molecule has 2 aliphatic rings. The number of anilines is 2. The molecule has 33 heavy (non-hydrogen) atoms. The molecule has 0 radical (unpaired) electrons. The third-order valence-electron chi connectivity index (χ3n) is 6.66. The van der Waals surface area contributed by atoms with Gasteiger partial charge in [-0.1, -0.05) is 39.0 Å². The monoisotopic (exact) mass is 447 g/mol. The molecule has 0 aliphatic carbocycles. The quantitative estimate of drug-likeness (QED) is 0.640. The van der Waals surface area contributed by atoms with Crippen LogP contribution in [0.3, 0.4) is 0 Å². The maximum atomic E-state index is 12.9. The number of piperidine rings is 1. The number of amides is 2. The average Bonchev–Trinajstić information content (AvgIpc) is 3.27. The summed E-state index contributed by atoms with van der Waals surface area (Å²) in [6.45, 7) is 8.07. The lowest BCUT2D eigenvalue weighted by atomic mass is 9.73. The molecule has 0 atom stereocenters. The van der Waals surface area contributed by atoms with Crippen molar-refractivity contribution in [3.05, 3.63) is 42.0 Å². The van der Waals surface area contributed by atoms with Gasteiger partial charge in [0, 0.05) is 32.4 Å². The van der Waals surface area contributed by atoms with Crippen LogP contribution in [0.4, 0.5) is 11.5 Å². The van der Waals surface area contributed by atoms with E-state index in [4.69, 9.17) is 0 Å². The van der Waals surface area contributed by atoms with E-state index in [2.05, 4.69) is 51.3 Å². The minimum absolute atomic E-state index is 0.0277. The lowest BCUT2D eigenvalue weighted by molar-refractivity contribution is -0.121. The van der Waals surface area contributed by atoms with E-state index in [1.54, 1.807) is 11.6 Å². The van der Waals surface area contributed by atoms with E-state index in [0.29, 0.717) is 55.3 Å². The first-order chi connectivity index (χ1) is 15.7. The van der Waals surface area contributed by atoms with Gasteiger partial charge in [0.25, 0.3) is 5.91 Å². The highest BCUT2D eigenvalue weighted by Crippen LogP contribution is 2.45. The summed E-state index contributed by atoms with van der Waals surface area (Å²) in [4.78, 5) is 41.4. The van der Waals surface area contributed by atoms with Crippen LogP contribution in [-0.4, -0.2) is 51.0 Å². The first kappa shape index (κ1) is 21.4. The fourth-order valence-corrected chi connectivity index (χ4v) is 4.82. The molecule has 0 bridgehead atoms. The Balaban J connectivity index is 1.41. The van der Waals surface area contributed by atoms with Crippen molar-refractivity contribution in [1.29, 1.82) is 0 Å². The highest BCUT2D eigenvalue weighted by Gasteiger charge is 2.48. The molecule has 9 heteroatoms. The third-order valence-corrected chi connectivity index (χ3v) is 6.66. The molecule has 1 fully saturated rings. The van der Waals surface area contributed by atoms with Gasteiger partial charge in [-0.3, -0.25) is 9.59 Å². The van der Waals surface area contributed by atoms with Crippen LogP contribution < -0.4 is 15.5 Å². The summed E-state index contributed by atoms with van der Waals surface area (Å²) in [6, 6.07) is 7.94. The molecule has 9 nitrogen and oxygen atoms in total. The van der Waals surface area contributed by atoms with E-state index in [1.807, 2.05) is 24.3 Å². The van der Waals surface area contributed by atoms with Gasteiger partial charge >= 0.3 is 0 Å². The van der Waals surface area contributed by atoms with E-state index in [9.17, 15) is 9.59 Å². The Morgan fingerprint density at radius 1 is 1.18 bits per heavy atom. The van der Waals surface area contributed by atoms with E-state index >= 15 is 0 Å². The normalized spacial score (nSPS) is 17.3. The first-order valence-corrected chi connectivity index (χ1v) is 11.3. The molecule has 4 heterocycles. The Hall–Kier alpha value is -3.49. The Labute approximate surface area is 192 Å². The highest BCUT2D eigenvalue weighted by atomic mass is 16.2. The number of nitrogens with one attached hydrogen (secondary N) is 2. The molecule has 2 aromatic heterocycles. The highest BCUT2D eigenvalue weighted by molar-refractivity contribution is 6.06. The number of fused-ring (bicyclic) bond motifs is 3. The van der Waals surface area contributed by atoms with Crippen molar-refractivity contribution in [2.45, 2.75) is 39.0 Å². The predicted octanol–water partition coefficient (Wildman–Crippen LogP) is 2.63. The summed E-state index contributed by atoms with van der Waals surface area (Å²) in [7, 11) is 1.79. The smallest absolute Gasteiger partial charge is 0.287 e. The lowest BCUT2D eigenvalue weighted by Crippen LogP contribution is -2.46. The zero-order chi connectivity index (χ0) is 23.4. The fourth-order valence-electron chi connectivity index (χ4n) is 4.82. The molecule has 5 rings (SSSR count). The van der Waals surface area contributed by atoms with Crippen molar-refractivity contribution in [2.75, 3.05) is 29.9 Å². The number of aryl methyl sites for hydroxylation is 1. The minimum atomic E-state index is -0.499. The molecular formula is C24H29N7O2. The Bertz CT molecular complexity index is 1250. The van der Waals surface area contributed by atoms with Crippen LogP contribution in [0, 0.1) is 5.41 Å². The van der Waals surface area contributed by atoms with Crippen LogP contribution in [-0.2, 0) is 17.3 Å². The summed E-state index contributed by atoms with van der Waals surface area (Å²) < 4.78 is 1.71. The molecule has 0 saturated carbocycles. The molecule has 1 spiro atoms. The summed E-state index contributed by atoms with van der Waals surface area (Å²) in [5.74, 6) is 0.862. The number of para-hydroxylation sites is 1. The van der Waals surface area contributed by atoms with Gasteiger partial charge in [0.2, 0.25) is 11.7 Å². The largest absolute Gasteiger partial charge is 0.355 e. The number of nitrogens with zero attached hydrogens (tertiary/aromatic N) is 5. The van der Waals surface area contributed by atoms with Gasteiger partial charge in [-0.25, -0.2) is 15.0 Å². The van der Waals surface area contributed by atoms with Gasteiger partial charge in [0.05, 0.1) is 5.41 Å². The Morgan fingerprint density at radius 3 is 2.64 bits per heavy atom. The van der Waals surface area contributed by atoms with Gasteiger partial charge in [0.15, 0.2) is 17.0 Å². The second-order valence-electron chi connectivity index (χ2n) is 10.2. The van der Waals surface area contributed by atoms with Crippen molar-refractivity contribution in [3.63, 3.8) is 0 Å². The summed E-state index contributed by atoms with van der Waals surface area (Å²) in [5.41, 5.74) is 2.69. The maximum Gasteiger partial charge on any atom is 0.287 e. The van der Waals surface area contributed by atoms with Crippen LogP contribution in [0.5, 0.6) is 0 Å². The predicted molar refractivity (Wildman–Crippen MR) is 126 cm³/mol. The molecule has 172 valence electrons. The van der Waals surface area contributed by atoms with E-state index in [0.717, 1.165) is 11.3 Å². The van der Waals surface area contributed by atoms with Crippen molar-refractivity contribution in [1.82, 2.24) is 24.8 Å². The van der Waals surface area contributed by atoms with Crippen LogP contribution in [0.15, 0.2) is 30.6 Å². The Kier molecular flexibility index (Phi) is 4.88. The third kappa shape index (κ3) is 3.51. The number of rotatable bonds is 3. The Morgan fingerprint density at radius 2 is 1.91 bits per heavy atom. The molecule has 0 unspecified atom stereocenters. The zero-order valence-electron chi connectivity index (χ0n) is 19.5. The second-order valence-corrected chi connectivity index (χ2v) is 10.2. The molecule has 2 aliphatic heterocycles. The molecule has 3 aromatic rings. The van der Waals surface area contributed by atoms with Crippen molar-refractivity contribution < 1.29 is 9.59 Å². The molecule has 1 saturated heterocycles. The topological polar surface area (TPSA) is 105 Å². The number of carbonyl (C=O) groups excluding carboxylic acids is 2. The second kappa shape index (κ2) is 7.54. The van der Waals surface area contributed by atoms with Crippen molar-refractivity contribution in [3.8, 4) is 0 Å². The molecule has 2 amide bonds. The summed E-state index contributed by atoms with van der Waals surface area (Å²) in [6.07, 6.45) is 2.89. The summed E-state index contributed by atoms with van der Waals surface area (Å²) >= 11 is 0. The van der Waals surface area contributed by atoms with Gasteiger partial charge in [-0.05, 0) is 29.9 Å². The standard InChI is InChI=1S/C24H29N7O2/c1-23(2,3)13-25-21(32)20-29-17-18(30(20)4)26-14-27-19(17)31-11-9-24(10-12-31)15-7-5-6-8-16(15)28-22(24)33/h5-8,14H,9-13H2,1-4H3,(H,25,32)(H,28,33). The molecule has 1 aromatic carbocycles. The van der Waals surface area contributed by atoms with E-state index < -0.39 is 5.41 Å². The number of hydrogen-bond donors (Lipinski definition) is 2. The average molecular weight is 448 g/mol. The molecule has 2 N–H and O–H groups in total. The maximum absolute atomic E-state index is 12.9.